The molecule has 5 rings (SSSR count). The van der Waals surface area contributed by atoms with Crippen LogP contribution in [0.5, 0.6) is 23.0 Å². The second kappa shape index (κ2) is 16.6. The van der Waals surface area contributed by atoms with Crippen LogP contribution in [0.3, 0.4) is 0 Å². The molecular weight excluding hydrogens is 788 g/mol. The smallest absolute Gasteiger partial charge is 0.417 e. The molecule has 2 aromatic carbocycles. The Bertz CT molecular complexity index is 2150. The van der Waals surface area contributed by atoms with E-state index in [-0.39, 0.29) is 25.3 Å². The fraction of sp³-hybridized carbons (Fsp3) is 0.378. The molecule has 57 heavy (non-hydrogen) atoms. The van der Waals surface area contributed by atoms with Crippen molar-refractivity contribution < 1.29 is 63.2 Å². The zero-order chi connectivity index (χ0) is 41.9. The van der Waals surface area contributed by atoms with Gasteiger partial charge in [0.2, 0.25) is 0 Å². The molecule has 1 fully saturated rings. The van der Waals surface area contributed by atoms with Crippen LogP contribution in [0.1, 0.15) is 40.9 Å². The summed E-state index contributed by atoms with van der Waals surface area (Å²) in [7, 11) is 1.13. The normalized spacial score (nSPS) is 15.9. The number of pyridine rings is 2. The highest BCUT2D eigenvalue weighted by Gasteiger charge is 2.49. The lowest BCUT2D eigenvalue weighted by molar-refractivity contribution is -0.251. The number of carbonyl (C=O) groups is 1. The second-order valence-corrected chi connectivity index (χ2v) is 15.2. The molecule has 2 aromatic heterocycles. The Morgan fingerprint density at radius 1 is 0.877 bits per heavy atom. The molecule has 1 saturated heterocycles. The van der Waals surface area contributed by atoms with Crippen LogP contribution < -0.4 is 29.2 Å². The van der Waals surface area contributed by atoms with Gasteiger partial charge in [-0.25, -0.2) is 18.4 Å². The van der Waals surface area contributed by atoms with Crippen molar-refractivity contribution in [2.45, 2.75) is 56.0 Å². The summed E-state index contributed by atoms with van der Waals surface area (Å²) in [5, 5.41) is 1.81. The van der Waals surface area contributed by atoms with E-state index >= 15 is 0 Å². The summed E-state index contributed by atoms with van der Waals surface area (Å²) in [5.74, 6) is -0.177. The van der Waals surface area contributed by atoms with Gasteiger partial charge < -0.3 is 33.9 Å². The van der Waals surface area contributed by atoms with Crippen molar-refractivity contribution in [3.05, 3.63) is 89.2 Å². The maximum Gasteiger partial charge on any atom is 0.417 e. The fourth-order valence-corrected chi connectivity index (χ4v) is 7.43. The summed E-state index contributed by atoms with van der Waals surface area (Å²) in [4.78, 5) is 22.7. The molecule has 0 radical (unpaired) electrons. The van der Waals surface area contributed by atoms with Crippen molar-refractivity contribution in [3.8, 4) is 23.0 Å². The third-order valence-corrected chi connectivity index (χ3v) is 10.5. The number of nitrogens with zero attached hydrogens (tertiary/aromatic N) is 4. The molecule has 0 spiro atoms. The Morgan fingerprint density at radius 2 is 1.46 bits per heavy atom. The second-order valence-electron chi connectivity index (χ2n) is 13.3. The Labute approximate surface area is 324 Å². The Balaban J connectivity index is 1.53. The Hall–Kier alpha value is -5.34. The lowest BCUT2D eigenvalue weighted by atomic mass is 10.0. The van der Waals surface area contributed by atoms with Crippen molar-refractivity contribution in [3.63, 3.8) is 0 Å². The summed E-state index contributed by atoms with van der Waals surface area (Å²) in [5.41, 5.74) is -2.85. The van der Waals surface area contributed by atoms with E-state index in [9.17, 15) is 39.6 Å². The number of hydrogen-bond acceptors (Lipinski definition) is 11. The van der Waals surface area contributed by atoms with Crippen molar-refractivity contribution in [1.82, 2.24) is 14.3 Å². The van der Waals surface area contributed by atoms with Crippen LogP contribution in [0.25, 0.3) is 0 Å². The minimum atomic E-state index is -4.97. The zero-order valence-electron chi connectivity index (χ0n) is 31.5. The van der Waals surface area contributed by atoms with E-state index in [1.54, 1.807) is 36.4 Å². The minimum Gasteiger partial charge on any atom is -0.497 e. The van der Waals surface area contributed by atoms with Gasteiger partial charge in [-0.3, -0.25) is 4.79 Å². The van der Waals surface area contributed by atoms with Crippen LogP contribution in [0, 0.1) is 0 Å². The first kappa shape index (κ1) is 42.8. The largest absolute Gasteiger partial charge is 0.497 e. The van der Waals surface area contributed by atoms with Crippen molar-refractivity contribution >= 4 is 27.4 Å². The highest BCUT2D eigenvalue weighted by Crippen LogP contribution is 2.37. The number of nitrogens with one attached hydrogen (secondary N) is 1. The van der Waals surface area contributed by atoms with Gasteiger partial charge >= 0.3 is 12.4 Å². The molecule has 1 aliphatic heterocycles. The topological polar surface area (TPSA) is 142 Å². The van der Waals surface area contributed by atoms with Gasteiger partial charge in [-0.2, -0.15) is 30.6 Å². The van der Waals surface area contributed by atoms with Crippen LogP contribution >= 0.6 is 0 Å². The number of methoxy groups -OCH3 is 4. The minimum absolute atomic E-state index is 0.212. The van der Waals surface area contributed by atoms with Crippen LogP contribution in [0.2, 0.25) is 0 Å². The first-order valence-electron chi connectivity index (χ1n) is 16.9. The van der Waals surface area contributed by atoms with E-state index in [0.717, 1.165) is 21.5 Å². The third kappa shape index (κ3) is 9.98. The van der Waals surface area contributed by atoms with Gasteiger partial charge in [0.05, 0.1) is 51.7 Å². The van der Waals surface area contributed by atoms with Crippen LogP contribution in [-0.4, -0.2) is 88.0 Å². The highest BCUT2D eigenvalue weighted by atomic mass is 32.2. The third-order valence-electron chi connectivity index (χ3n) is 8.80. The predicted octanol–water partition coefficient (Wildman–Crippen LogP) is 6.72. The standard InChI is InChI=1S/C37H39F6N5O8S/c1-35(2)21-47(20-31(56-35)37(41,42)43)33-28(13-24(17-45-33)36(38,39)40)34(49)46-25-11-12-44-32(14-25)57(50,51)48(18-22-7-9-26(52-3)15-29(22)54-5)19-23-8-10-27(53-4)16-30(23)55-6/h7-17,31H,18-21H2,1-6H3,(H,44,46,49). The quantitative estimate of drug-likeness (QED) is 0.144. The number of amides is 1. The highest BCUT2D eigenvalue weighted by molar-refractivity contribution is 7.89. The first-order valence-corrected chi connectivity index (χ1v) is 18.4. The average molecular weight is 828 g/mol. The van der Waals surface area contributed by atoms with Crippen LogP contribution in [-0.2, 0) is 34.0 Å². The summed E-state index contributed by atoms with van der Waals surface area (Å²) in [6.45, 7) is 1.06. The Morgan fingerprint density at radius 3 is 1.96 bits per heavy atom. The SMILES string of the molecule is COc1ccc(CN(Cc2ccc(OC)cc2OC)S(=O)(=O)c2cc(NC(=O)c3cc(C(F)(F)F)cnc3N3CC(C(F)(F)F)OC(C)(C)C3)ccn2)c(OC)c1. The maximum atomic E-state index is 14.5. The first-order chi connectivity index (χ1) is 26.7. The summed E-state index contributed by atoms with van der Waals surface area (Å²) >= 11 is 0. The van der Waals surface area contributed by atoms with Gasteiger partial charge in [-0.1, -0.05) is 12.1 Å². The number of aromatic nitrogens is 2. The number of halogens is 6. The molecule has 20 heteroatoms. The van der Waals surface area contributed by atoms with Gasteiger partial charge in [-0.05, 0) is 38.1 Å². The number of ether oxygens (including phenoxy) is 5. The molecule has 13 nitrogen and oxygen atoms in total. The Kier molecular flexibility index (Phi) is 12.5. The van der Waals surface area contributed by atoms with Gasteiger partial charge in [0.1, 0.15) is 28.8 Å². The van der Waals surface area contributed by atoms with Gasteiger partial charge in [-0.15, -0.1) is 0 Å². The number of alkyl halides is 6. The predicted molar refractivity (Wildman–Crippen MR) is 194 cm³/mol. The number of morpholine rings is 1. The van der Waals surface area contributed by atoms with E-state index in [1.807, 2.05) is 0 Å². The van der Waals surface area contributed by atoms with E-state index in [1.165, 1.54) is 48.4 Å². The fourth-order valence-electron chi connectivity index (χ4n) is 6.08. The number of anilines is 2. The molecule has 308 valence electrons. The molecule has 1 N–H and O–H groups in total. The van der Waals surface area contributed by atoms with Gasteiger partial charge in [0.25, 0.3) is 15.9 Å². The van der Waals surface area contributed by atoms with Crippen LogP contribution in [0.15, 0.2) is 72.0 Å². The molecule has 1 amide bonds. The molecule has 0 aliphatic carbocycles. The molecule has 1 atom stereocenters. The number of rotatable bonds is 13. The van der Waals surface area contributed by atoms with Crippen molar-refractivity contribution in [2.75, 3.05) is 51.7 Å². The van der Waals surface area contributed by atoms with Crippen LogP contribution in [0.4, 0.5) is 37.8 Å². The number of sulfonamides is 1. The number of benzene rings is 2. The number of hydrogen-bond donors (Lipinski definition) is 1. The maximum absolute atomic E-state index is 14.5. The molecule has 3 heterocycles. The van der Waals surface area contributed by atoms with Gasteiger partial charge in [0, 0.05) is 67.0 Å². The monoisotopic (exact) mass is 827 g/mol. The summed E-state index contributed by atoms with van der Waals surface area (Å²) in [6, 6.07) is 12.2. The van der Waals surface area contributed by atoms with Gasteiger partial charge in [0.15, 0.2) is 11.1 Å². The molecular formula is C37H39F6N5O8S. The zero-order valence-corrected chi connectivity index (χ0v) is 32.3. The molecule has 1 unspecified atom stereocenters. The molecule has 0 saturated carbocycles. The summed E-state index contributed by atoms with van der Waals surface area (Å²) < 4.78 is 140. The number of carbonyl (C=O) groups excluding carboxylic acids is 1. The average Bonchev–Trinajstić information content (AvgIpc) is 3.16. The molecule has 1 aliphatic rings. The lowest BCUT2D eigenvalue weighted by Gasteiger charge is -2.44. The van der Waals surface area contributed by atoms with E-state index in [2.05, 4.69) is 15.3 Å². The van der Waals surface area contributed by atoms with E-state index in [0.29, 0.717) is 46.4 Å². The molecule has 0 bridgehead atoms. The molecule has 4 aromatic rings. The van der Waals surface area contributed by atoms with Crippen molar-refractivity contribution in [2.24, 2.45) is 0 Å². The lowest BCUT2D eigenvalue weighted by Crippen LogP contribution is -2.57. The van der Waals surface area contributed by atoms with E-state index < -0.39 is 68.5 Å². The summed E-state index contributed by atoms with van der Waals surface area (Å²) in [6.07, 6.45) is -10.7. The van der Waals surface area contributed by atoms with E-state index in [4.69, 9.17) is 23.7 Å². The van der Waals surface area contributed by atoms with Crippen molar-refractivity contribution in [1.29, 1.82) is 0 Å².